The van der Waals surface area contributed by atoms with Crippen LogP contribution in [0.2, 0.25) is 0 Å². The molecule has 5 nitrogen and oxygen atoms in total. The predicted molar refractivity (Wildman–Crippen MR) is 75.3 cm³/mol. The molecule has 3 unspecified atom stereocenters. The molecule has 0 bridgehead atoms. The van der Waals surface area contributed by atoms with E-state index in [0.29, 0.717) is 24.4 Å². The zero-order valence-electron chi connectivity index (χ0n) is 12.3. The van der Waals surface area contributed by atoms with E-state index < -0.39 is 5.97 Å². The van der Waals surface area contributed by atoms with Gasteiger partial charge in [-0.15, -0.1) is 0 Å². The molecule has 0 radical (unpaired) electrons. The van der Waals surface area contributed by atoms with E-state index in [-0.39, 0.29) is 6.04 Å². The molecule has 5 heteroatoms. The van der Waals surface area contributed by atoms with Crippen molar-refractivity contribution >= 4 is 5.97 Å². The number of aliphatic carboxylic acids is 1. The van der Waals surface area contributed by atoms with E-state index in [2.05, 4.69) is 36.1 Å². The Morgan fingerprint density at radius 2 is 2.11 bits per heavy atom. The lowest BCUT2D eigenvalue weighted by molar-refractivity contribution is -0.139. The van der Waals surface area contributed by atoms with Crippen LogP contribution in [0.25, 0.3) is 0 Å². The highest BCUT2D eigenvalue weighted by Crippen LogP contribution is 2.22. The summed E-state index contributed by atoms with van der Waals surface area (Å²) in [4.78, 5) is 15.9. The van der Waals surface area contributed by atoms with Gasteiger partial charge in [-0.1, -0.05) is 6.92 Å². The number of rotatable bonds is 7. The van der Waals surface area contributed by atoms with Crippen molar-refractivity contribution in [1.82, 2.24) is 15.1 Å². The van der Waals surface area contributed by atoms with E-state index in [9.17, 15) is 9.90 Å². The molecule has 3 atom stereocenters. The fourth-order valence-corrected chi connectivity index (χ4v) is 3.03. The molecule has 2 rings (SSSR count). The second-order valence-corrected chi connectivity index (χ2v) is 6.39. The molecule has 1 saturated carbocycles. The van der Waals surface area contributed by atoms with Crippen LogP contribution in [-0.2, 0) is 4.79 Å². The van der Waals surface area contributed by atoms with Gasteiger partial charge in [0.2, 0.25) is 0 Å². The van der Waals surface area contributed by atoms with Gasteiger partial charge in [0.25, 0.3) is 0 Å². The first-order chi connectivity index (χ1) is 8.97. The molecule has 1 aliphatic heterocycles. The third-order valence-electron chi connectivity index (χ3n) is 4.36. The standard InChI is InChI=1S/C14H27N3O2/c1-10-8-17(9-13(10)16(2)3)7-6-12(14(18)19)15-11-4-5-11/h10-13,15H,4-9H2,1-3H3,(H,18,19). The van der Waals surface area contributed by atoms with Gasteiger partial charge >= 0.3 is 5.97 Å². The van der Waals surface area contributed by atoms with Crippen molar-refractivity contribution < 1.29 is 9.90 Å². The Balaban J connectivity index is 1.76. The molecule has 110 valence electrons. The van der Waals surface area contributed by atoms with E-state index in [1.54, 1.807) is 0 Å². The first-order valence-corrected chi connectivity index (χ1v) is 7.35. The normalized spacial score (nSPS) is 29.9. The van der Waals surface area contributed by atoms with E-state index in [1.165, 1.54) is 0 Å². The van der Waals surface area contributed by atoms with Gasteiger partial charge in [-0.2, -0.15) is 0 Å². The largest absolute Gasteiger partial charge is 0.480 e. The van der Waals surface area contributed by atoms with Gasteiger partial charge in [-0.3, -0.25) is 4.79 Å². The van der Waals surface area contributed by atoms with Crippen molar-refractivity contribution in [2.45, 2.75) is 44.3 Å². The van der Waals surface area contributed by atoms with Crippen molar-refractivity contribution in [1.29, 1.82) is 0 Å². The minimum atomic E-state index is -0.705. The number of likely N-dealkylation sites (N-methyl/N-ethyl adjacent to an activating group) is 1. The number of hydrogen-bond acceptors (Lipinski definition) is 4. The molecule has 0 spiro atoms. The van der Waals surface area contributed by atoms with E-state index in [4.69, 9.17) is 0 Å². The quantitative estimate of drug-likeness (QED) is 0.703. The van der Waals surface area contributed by atoms with E-state index >= 15 is 0 Å². The van der Waals surface area contributed by atoms with E-state index in [0.717, 1.165) is 32.5 Å². The van der Waals surface area contributed by atoms with Crippen molar-refractivity contribution in [3.63, 3.8) is 0 Å². The van der Waals surface area contributed by atoms with Gasteiger partial charge in [0.1, 0.15) is 6.04 Å². The number of hydrogen-bond donors (Lipinski definition) is 2. The summed E-state index contributed by atoms with van der Waals surface area (Å²) in [7, 11) is 4.25. The van der Waals surface area contributed by atoms with Crippen LogP contribution in [-0.4, -0.2) is 72.7 Å². The monoisotopic (exact) mass is 269 g/mol. The Morgan fingerprint density at radius 1 is 1.42 bits per heavy atom. The number of nitrogens with zero attached hydrogens (tertiary/aromatic N) is 2. The average Bonchev–Trinajstić information content (AvgIpc) is 3.06. The third kappa shape index (κ3) is 4.16. The summed E-state index contributed by atoms with van der Waals surface area (Å²) in [5.74, 6) is -0.0435. The average molecular weight is 269 g/mol. The lowest BCUT2D eigenvalue weighted by Crippen LogP contribution is -2.41. The predicted octanol–water partition coefficient (Wildman–Crippen LogP) is 0.464. The molecule has 1 heterocycles. The van der Waals surface area contributed by atoms with Crippen LogP contribution in [0.3, 0.4) is 0 Å². The molecule has 2 fully saturated rings. The summed E-state index contributed by atoms with van der Waals surface area (Å²) in [5.41, 5.74) is 0. The summed E-state index contributed by atoms with van der Waals surface area (Å²) in [6, 6.07) is 0.675. The van der Waals surface area contributed by atoms with Crippen molar-refractivity contribution in [3.05, 3.63) is 0 Å². The molecular formula is C14H27N3O2. The maximum Gasteiger partial charge on any atom is 0.320 e. The molecule has 1 saturated heterocycles. The van der Waals surface area contributed by atoms with Gasteiger partial charge in [0, 0.05) is 31.7 Å². The summed E-state index contributed by atoms with van der Waals surface area (Å²) in [6.45, 7) is 5.30. The van der Waals surface area contributed by atoms with Gasteiger partial charge in [-0.05, 0) is 39.3 Å². The van der Waals surface area contributed by atoms with Gasteiger partial charge in [0.15, 0.2) is 0 Å². The van der Waals surface area contributed by atoms with Crippen LogP contribution >= 0.6 is 0 Å². The number of likely N-dealkylation sites (tertiary alicyclic amines) is 1. The topological polar surface area (TPSA) is 55.8 Å². The Bertz CT molecular complexity index is 318. The lowest BCUT2D eigenvalue weighted by Gasteiger charge is -2.23. The SMILES string of the molecule is CC1CN(CCC(NC2CC2)C(=O)O)CC1N(C)C. The summed E-state index contributed by atoms with van der Waals surface area (Å²) < 4.78 is 0. The smallest absolute Gasteiger partial charge is 0.320 e. The molecule has 0 aromatic rings. The maximum atomic E-state index is 11.2. The summed E-state index contributed by atoms with van der Waals surface area (Å²) in [6.07, 6.45) is 2.97. The zero-order valence-corrected chi connectivity index (χ0v) is 12.3. The van der Waals surface area contributed by atoms with Gasteiger partial charge in [-0.25, -0.2) is 0 Å². The molecule has 0 aromatic carbocycles. The summed E-state index contributed by atoms with van der Waals surface area (Å²) in [5, 5.41) is 12.4. The Labute approximate surface area is 115 Å². The Morgan fingerprint density at radius 3 is 2.58 bits per heavy atom. The van der Waals surface area contributed by atoms with E-state index in [1.807, 2.05) is 0 Å². The Hall–Kier alpha value is -0.650. The second-order valence-electron chi connectivity index (χ2n) is 6.39. The molecule has 1 aliphatic carbocycles. The zero-order chi connectivity index (χ0) is 14.0. The summed E-state index contributed by atoms with van der Waals surface area (Å²) >= 11 is 0. The molecular weight excluding hydrogens is 242 g/mol. The van der Waals surface area contributed by atoms with Crippen LogP contribution in [0.5, 0.6) is 0 Å². The first kappa shape index (κ1) is 14.8. The second kappa shape index (κ2) is 6.20. The van der Waals surface area contributed by atoms with Crippen LogP contribution in [0.15, 0.2) is 0 Å². The lowest BCUT2D eigenvalue weighted by atomic mass is 10.1. The maximum absolute atomic E-state index is 11.2. The first-order valence-electron chi connectivity index (χ1n) is 7.35. The number of carboxylic acid groups (broad SMARTS) is 1. The molecule has 0 aromatic heterocycles. The third-order valence-corrected chi connectivity index (χ3v) is 4.36. The minimum Gasteiger partial charge on any atom is -0.480 e. The highest BCUT2D eigenvalue weighted by Gasteiger charge is 2.32. The van der Waals surface area contributed by atoms with Crippen LogP contribution in [0.4, 0.5) is 0 Å². The molecule has 0 amide bonds. The van der Waals surface area contributed by atoms with Crippen LogP contribution in [0.1, 0.15) is 26.2 Å². The van der Waals surface area contributed by atoms with Crippen molar-refractivity contribution in [2.24, 2.45) is 5.92 Å². The van der Waals surface area contributed by atoms with Gasteiger partial charge < -0.3 is 20.2 Å². The number of carbonyl (C=O) groups is 1. The molecule has 2 aliphatic rings. The Kier molecular flexibility index (Phi) is 4.81. The van der Waals surface area contributed by atoms with Crippen LogP contribution in [0, 0.1) is 5.92 Å². The number of carboxylic acids is 1. The van der Waals surface area contributed by atoms with Crippen molar-refractivity contribution in [2.75, 3.05) is 33.7 Å². The molecule has 2 N–H and O–H groups in total. The van der Waals surface area contributed by atoms with Crippen molar-refractivity contribution in [3.8, 4) is 0 Å². The number of nitrogens with one attached hydrogen (secondary N) is 1. The fraction of sp³-hybridized carbons (Fsp3) is 0.929. The highest BCUT2D eigenvalue weighted by atomic mass is 16.4. The van der Waals surface area contributed by atoms with Gasteiger partial charge in [0.05, 0.1) is 0 Å². The van der Waals surface area contributed by atoms with Crippen LogP contribution < -0.4 is 5.32 Å². The minimum absolute atomic E-state index is 0.374. The highest BCUT2D eigenvalue weighted by molar-refractivity contribution is 5.73. The fourth-order valence-electron chi connectivity index (χ4n) is 3.03. The molecule has 19 heavy (non-hydrogen) atoms.